The van der Waals surface area contributed by atoms with E-state index in [1.54, 1.807) is 12.1 Å². The lowest BCUT2D eigenvalue weighted by Crippen LogP contribution is -2.15. The highest BCUT2D eigenvalue weighted by Gasteiger charge is 2.17. The Balaban J connectivity index is 3.01. The summed E-state index contributed by atoms with van der Waals surface area (Å²) in [6, 6.07) is 6.21. The number of ether oxygens (including phenoxy) is 1. The quantitative estimate of drug-likeness (QED) is 0.610. The van der Waals surface area contributed by atoms with Gasteiger partial charge in [-0.3, -0.25) is 9.35 Å². The zero-order valence-corrected chi connectivity index (χ0v) is 8.82. The molecule has 0 aliphatic heterocycles. The van der Waals surface area contributed by atoms with Gasteiger partial charge in [0.2, 0.25) is 0 Å². The Morgan fingerprint density at radius 1 is 1.40 bits per heavy atom. The van der Waals surface area contributed by atoms with Crippen LogP contribution in [0.4, 0.5) is 0 Å². The van der Waals surface area contributed by atoms with Crippen molar-refractivity contribution in [1.29, 1.82) is 0 Å². The fraction of sp³-hybridized carbons (Fsp3) is 0.222. The third-order valence-electron chi connectivity index (χ3n) is 1.72. The number of Topliss-reactive ketones (excluding diaryl/α,β-unsaturated/α-hetero) is 1. The maximum atomic E-state index is 11.4. The fourth-order valence-corrected chi connectivity index (χ4v) is 1.61. The van der Waals surface area contributed by atoms with Crippen LogP contribution in [0.25, 0.3) is 0 Å². The summed E-state index contributed by atoms with van der Waals surface area (Å²) in [5.41, 5.74) is 0.137. The molecule has 0 heterocycles. The summed E-state index contributed by atoms with van der Waals surface area (Å²) < 4.78 is 34.4. The van der Waals surface area contributed by atoms with Gasteiger partial charge in [-0.1, -0.05) is 12.1 Å². The van der Waals surface area contributed by atoms with Gasteiger partial charge in [-0.2, -0.15) is 8.42 Å². The lowest BCUT2D eigenvalue weighted by Gasteiger charge is -2.05. The third kappa shape index (κ3) is 3.34. The molecule has 5 nitrogen and oxygen atoms in total. The molecule has 6 heteroatoms. The molecule has 0 fully saturated rings. The summed E-state index contributed by atoms with van der Waals surface area (Å²) >= 11 is 0. The second-order valence-electron chi connectivity index (χ2n) is 2.85. The molecule has 1 N–H and O–H groups in total. The van der Waals surface area contributed by atoms with Gasteiger partial charge in [-0.05, 0) is 12.1 Å². The Morgan fingerprint density at radius 2 is 2.00 bits per heavy atom. The van der Waals surface area contributed by atoms with Crippen LogP contribution in [-0.4, -0.2) is 31.6 Å². The van der Waals surface area contributed by atoms with Gasteiger partial charge in [0.25, 0.3) is 10.1 Å². The highest BCUT2D eigenvalue weighted by Crippen LogP contribution is 2.18. The fourth-order valence-electron chi connectivity index (χ4n) is 1.12. The first-order valence-electron chi connectivity index (χ1n) is 4.05. The van der Waals surface area contributed by atoms with E-state index in [0.29, 0.717) is 0 Å². The summed E-state index contributed by atoms with van der Waals surface area (Å²) in [5, 5.41) is 0. The lowest BCUT2D eigenvalue weighted by molar-refractivity contribution is 0.101. The van der Waals surface area contributed by atoms with E-state index >= 15 is 0 Å². The topological polar surface area (TPSA) is 80.7 Å². The van der Waals surface area contributed by atoms with Crippen LogP contribution in [0.3, 0.4) is 0 Å². The van der Waals surface area contributed by atoms with Crippen LogP contribution >= 0.6 is 0 Å². The first-order valence-corrected chi connectivity index (χ1v) is 5.66. The summed E-state index contributed by atoms with van der Waals surface area (Å²) in [5.74, 6) is -1.35. The highest BCUT2D eigenvalue weighted by atomic mass is 32.2. The van der Waals surface area contributed by atoms with Crippen LogP contribution in [0.2, 0.25) is 0 Å². The molecule has 0 aromatic heterocycles. The Hall–Kier alpha value is -1.40. The van der Waals surface area contributed by atoms with Gasteiger partial charge >= 0.3 is 0 Å². The molecular formula is C9H10O5S. The lowest BCUT2D eigenvalue weighted by atomic mass is 10.1. The first-order chi connectivity index (χ1) is 6.94. The van der Waals surface area contributed by atoms with Crippen LogP contribution in [0.1, 0.15) is 10.4 Å². The summed E-state index contributed by atoms with van der Waals surface area (Å²) in [6.45, 7) is 0. The monoisotopic (exact) mass is 230 g/mol. The number of rotatable bonds is 4. The van der Waals surface area contributed by atoms with Crippen LogP contribution in [0.5, 0.6) is 5.75 Å². The van der Waals surface area contributed by atoms with Crippen molar-refractivity contribution in [3.63, 3.8) is 0 Å². The predicted octanol–water partition coefficient (Wildman–Crippen LogP) is 0.766. The van der Waals surface area contributed by atoms with Gasteiger partial charge in [0.05, 0.1) is 12.7 Å². The summed E-state index contributed by atoms with van der Waals surface area (Å²) in [6.07, 6.45) is 0. The molecule has 0 spiro atoms. The molecule has 0 bridgehead atoms. The molecule has 0 saturated carbocycles. The maximum absolute atomic E-state index is 11.4. The minimum atomic E-state index is -4.30. The molecule has 0 amide bonds. The van der Waals surface area contributed by atoms with Crippen molar-refractivity contribution in [3.8, 4) is 5.75 Å². The van der Waals surface area contributed by atoms with Gasteiger partial charge in [0.1, 0.15) is 11.5 Å². The standard InChI is InChI=1S/C9H10O5S/c1-14-9-5-3-2-4-7(9)8(10)6-15(11,12)13/h2-5H,6H2,1H3,(H,11,12,13). The van der Waals surface area contributed by atoms with Crippen molar-refractivity contribution < 1.29 is 22.5 Å². The number of benzene rings is 1. The number of ketones is 1. The van der Waals surface area contributed by atoms with Gasteiger partial charge in [-0.25, -0.2) is 0 Å². The van der Waals surface area contributed by atoms with Crippen molar-refractivity contribution in [2.45, 2.75) is 0 Å². The van der Waals surface area contributed by atoms with E-state index in [1.165, 1.54) is 19.2 Å². The van der Waals surface area contributed by atoms with Crippen LogP contribution in [-0.2, 0) is 10.1 Å². The van der Waals surface area contributed by atoms with Gasteiger partial charge in [-0.15, -0.1) is 0 Å². The van der Waals surface area contributed by atoms with E-state index in [0.717, 1.165) is 0 Å². The van der Waals surface area contributed by atoms with Crippen molar-refractivity contribution in [2.75, 3.05) is 12.9 Å². The van der Waals surface area contributed by atoms with E-state index in [4.69, 9.17) is 9.29 Å². The van der Waals surface area contributed by atoms with Crippen LogP contribution < -0.4 is 4.74 Å². The smallest absolute Gasteiger partial charge is 0.272 e. The van der Waals surface area contributed by atoms with Gasteiger partial charge < -0.3 is 4.74 Å². The highest BCUT2D eigenvalue weighted by molar-refractivity contribution is 7.86. The molecule has 0 radical (unpaired) electrons. The zero-order chi connectivity index (χ0) is 11.5. The molecule has 0 unspecified atom stereocenters. The second-order valence-corrected chi connectivity index (χ2v) is 4.30. The van der Waals surface area contributed by atoms with Crippen LogP contribution in [0.15, 0.2) is 24.3 Å². The Labute approximate surface area is 87.4 Å². The van der Waals surface area contributed by atoms with E-state index in [-0.39, 0.29) is 11.3 Å². The van der Waals surface area contributed by atoms with E-state index < -0.39 is 21.7 Å². The molecule has 1 aromatic carbocycles. The Kier molecular flexibility index (Phi) is 3.43. The predicted molar refractivity (Wildman–Crippen MR) is 53.7 cm³/mol. The largest absolute Gasteiger partial charge is 0.496 e. The molecule has 15 heavy (non-hydrogen) atoms. The molecule has 82 valence electrons. The molecule has 0 aliphatic carbocycles. The number of para-hydroxylation sites is 1. The average Bonchev–Trinajstić information content (AvgIpc) is 2.15. The number of hydrogen-bond donors (Lipinski definition) is 1. The Bertz CT molecular complexity index is 463. The van der Waals surface area contributed by atoms with Crippen molar-refractivity contribution >= 4 is 15.9 Å². The van der Waals surface area contributed by atoms with Gasteiger partial charge in [0, 0.05) is 0 Å². The Morgan fingerprint density at radius 3 is 2.53 bits per heavy atom. The summed E-state index contributed by atoms with van der Waals surface area (Å²) in [4.78, 5) is 11.4. The van der Waals surface area contributed by atoms with E-state index in [1.807, 2.05) is 0 Å². The van der Waals surface area contributed by atoms with Gasteiger partial charge in [0.15, 0.2) is 5.78 Å². The normalized spacial score (nSPS) is 11.1. The zero-order valence-electron chi connectivity index (χ0n) is 8.00. The second kappa shape index (κ2) is 4.41. The van der Waals surface area contributed by atoms with Crippen molar-refractivity contribution in [1.82, 2.24) is 0 Å². The number of carbonyl (C=O) groups excluding carboxylic acids is 1. The SMILES string of the molecule is COc1ccccc1C(=O)CS(=O)(=O)O. The average molecular weight is 230 g/mol. The third-order valence-corrected chi connectivity index (χ3v) is 2.35. The number of methoxy groups -OCH3 is 1. The first kappa shape index (κ1) is 11.7. The summed E-state index contributed by atoms with van der Waals surface area (Å²) in [7, 11) is -2.93. The molecular weight excluding hydrogens is 220 g/mol. The number of hydrogen-bond acceptors (Lipinski definition) is 4. The molecule has 1 rings (SSSR count). The number of carbonyl (C=O) groups is 1. The molecule has 0 aliphatic rings. The minimum absolute atomic E-state index is 0.137. The van der Waals surface area contributed by atoms with Crippen molar-refractivity contribution in [3.05, 3.63) is 29.8 Å². The van der Waals surface area contributed by atoms with E-state index in [2.05, 4.69) is 0 Å². The molecule has 1 aromatic rings. The maximum Gasteiger partial charge on any atom is 0.272 e. The molecule has 0 saturated heterocycles. The molecule has 0 atom stereocenters. The van der Waals surface area contributed by atoms with E-state index in [9.17, 15) is 13.2 Å². The van der Waals surface area contributed by atoms with Crippen molar-refractivity contribution in [2.24, 2.45) is 0 Å². The van der Waals surface area contributed by atoms with Crippen LogP contribution in [0, 0.1) is 0 Å². The minimum Gasteiger partial charge on any atom is -0.496 e.